The molecule has 0 aromatic heterocycles. The molecule has 4 saturated carbocycles. The van der Waals surface area contributed by atoms with Crippen molar-refractivity contribution in [1.82, 2.24) is 0 Å². The summed E-state index contributed by atoms with van der Waals surface area (Å²) in [5.41, 5.74) is -2.57. The van der Waals surface area contributed by atoms with Gasteiger partial charge in [-0.25, -0.2) is 0 Å². The maximum Gasteiger partial charge on any atom is 0.306 e. The normalized spacial score (nSPS) is 47.4. The quantitative estimate of drug-likeness (QED) is 0.285. The summed E-state index contributed by atoms with van der Waals surface area (Å²) in [6.07, 6.45) is 4.51. The first kappa shape index (κ1) is 25.4. The summed E-state index contributed by atoms with van der Waals surface area (Å²) in [7, 11) is 0. The number of hydrogen-bond acceptors (Lipinski definition) is 7. The van der Waals surface area contributed by atoms with Crippen LogP contribution in [0.5, 0.6) is 0 Å². The average molecular weight is 491 g/mol. The summed E-state index contributed by atoms with van der Waals surface area (Å²) in [6.45, 7) is 10.4. The van der Waals surface area contributed by atoms with Crippen molar-refractivity contribution in [1.29, 1.82) is 0 Å². The number of unbranched alkanes of at least 4 members (excludes halogenated alkanes) is 4. The van der Waals surface area contributed by atoms with E-state index in [-0.39, 0.29) is 24.2 Å². The Morgan fingerprint density at radius 3 is 2.57 bits per heavy atom. The monoisotopic (exact) mass is 490 g/mol. The largest absolute Gasteiger partial charge is 0.460 e. The van der Waals surface area contributed by atoms with Crippen LogP contribution >= 0.6 is 0 Å². The highest BCUT2D eigenvalue weighted by Crippen LogP contribution is 2.76. The molecule has 2 saturated heterocycles. The van der Waals surface area contributed by atoms with Crippen molar-refractivity contribution in [3.63, 3.8) is 0 Å². The van der Waals surface area contributed by atoms with Crippen molar-refractivity contribution in [2.24, 2.45) is 34.0 Å². The number of hydrogen-bond donors (Lipinski definition) is 3. The summed E-state index contributed by atoms with van der Waals surface area (Å²) in [4.78, 5) is 27.0. The lowest BCUT2D eigenvalue weighted by Crippen LogP contribution is -2.85. The van der Waals surface area contributed by atoms with Gasteiger partial charge in [-0.1, -0.05) is 53.0 Å². The van der Waals surface area contributed by atoms with E-state index in [1.54, 1.807) is 0 Å². The summed E-state index contributed by atoms with van der Waals surface area (Å²) in [5, 5.41) is 35.3. The lowest BCUT2D eigenvalue weighted by atomic mass is 9.35. The fourth-order valence-electron chi connectivity index (χ4n) is 9.11. The Morgan fingerprint density at radius 1 is 1.14 bits per heavy atom. The van der Waals surface area contributed by atoms with Gasteiger partial charge in [0.25, 0.3) is 0 Å². The third kappa shape index (κ3) is 3.04. The second kappa shape index (κ2) is 8.37. The maximum absolute atomic E-state index is 14.0. The highest BCUT2D eigenvalue weighted by atomic mass is 16.6. The van der Waals surface area contributed by atoms with Crippen molar-refractivity contribution in [2.45, 2.75) is 109 Å². The molecule has 2 spiro atoms. The summed E-state index contributed by atoms with van der Waals surface area (Å²) < 4.78 is 12.1. The van der Waals surface area contributed by atoms with Gasteiger partial charge in [-0.15, -0.1) is 0 Å². The molecule has 1 unspecified atom stereocenters. The molecule has 0 aromatic carbocycles. The minimum absolute atomic E-state index is 0.0742. The van der Waals surface area contributed by atoms with E-state index >= 15 is 0 Å². The van der Waals surface area contributed by atoms with E-state index in [4.69, 9.17) is 9.47 Å². The Kier molecular flexibility index (Phi) is 6.07. The van der Waals surface area contributed by atoms with Gasteiger partial charge in [0, 0.05) is 23.7 Å². The molecule has 6 rings (SSSR count). The number of ether oxygens (including phenoxy) is 2. The number of Topliss-reactive ketones (excluding diaryl/α,β-unsaturated/α-hetero) is 1. The predicted octanol–water partition coefficient (Wildman–Crippen LogP) is 3.29. The fraction of sp³-hybridized carbons (Fsp3) is 0.857. The van der Waals surface area contributed by atoms with E-state index in [1.165, 1.54) is 0 Å². The summed E-state index contributed by atoms with van der Waals surface area (Å²) in [5.74, 6) is -4.29. The van der Waals surface area contributed by atoms with Gasteiger partial charge < -0.3 is 24.8 Å². The fourth-order valence-corrected chi connectivity index (χ4v) is 9.11. The number of fused-ring (bicyclic) bond motifs is 2. The van der Waals surface area contributed by atoms with Gasteiger partial charge in [0.2, 0.25) is 5.79 Å². The number of rotatable bonds is 7. The minimum atomic E-state index is -2.19. The Bertz CT molecular complexity index is 913. The van der Waals surface area contributed by atoms with Crippen molar-refractivity contribution in [2.75, 3.05) is 6.61 Å². The molecule has 6 fully saturated rings. The van der Waals surface area contributed by atoms with Crippen LogP contribution in [0.4, 0.5) is 0 Å². The van der Waals surface area contributed by atoms with Crippen molar-refractivity contribution < 1.29 is 34.4 Å². The molecule has 0 aromatic rings. The SMILES string of the molecule is C=C1C(=O)[C@@]23C(CC[C@@H]1[C@H]2OC(=O)CCCCCCC)[C@@]12CO[C@@]3(O)[C@@H](O)[C@@H]1C(C)(C)CC[C@@H]2O. The van der Waals surface area contributed by atoms with Crippen LogP contribution < -0.4 is 0 Å². The molecule has 2 aliphatic heterocycles. The highest BCUT2D eigenvalue weighted by molar-refractivity contribution is 6.05. The van der Waals surface area contributed by atoms with Crippen LogP contribution in [0.15, 0.2) is 12.2 Å². The number of aliphatic hydroxyl groups excluding tert-OH is 2. The van der Waals surface area contributed by atoms with E-state index in [0.717, 1.165) is 25.7 Å². The molecule has 4 aliphatic carbocycles. The van der Waals surface area contributed by atoms with Crippen LogP contribution in [0, 0.1) is 34.0 Å². The zero-order valence-corrected chi connectivity index (χ0v) is 21.4. The van der Waals surface area contributed by atoms with Gasteiger partial charge >= 0.3 is 5.97 Å². The van der Waals surface area contributed by atoms with Crippen molar-refractivity contribution in [3.8, 4) is 0 Å². The molecule has 0 amide bonds. The standard InChI is InChI=1S/C28H42O7/c1-5-6-7-8-9-10-20(30)35-24-17-11-12-18-26-15-34-28(33,27(18,24)22(31)16(17)2)23(32)21(26)25(3,4)14-13-19(26)29/h17-19,21,23-24,29,32-33H,2,5-15H2,1,3-4H3/t17-,18?,19-,21+,23-,24+,26+,27-,28-/m0/s1. The first-order valence-electron chi connectivity index (χ1n) is 13.7. The third-order valence-corrected chi connectivity index (χ3v) is 10.6. The second-order valence-electron chi connectivity index (χ2n) is 12.6. The maximum atomic E-state index is 14.0. The van der Waals surface area contributed by atoms with Crippen LogP contribution in [-0.4, -0.2) is 57.8 Å². The Labute approximate surface area is 208 Å². The number of esters is 1. The van der Waals surface area contributed by atoms with Crippen LogP contribution in [0.3, 0.4) is 0 Å². The summed E-state index contributed by atoms with van der Waals surface area (Å²) >= 11 is 0. The van der Waals surface area contributed by atoms with E-state index < -0.39 is 58.7 Å². The Morgan fingerprint density at radius 2 is 1.86 bits per heavy atom. The molecular weight excluding hydrogens is 448 g/mol. The lowest BCUT2D eigenvalue weighted by Gasteiger charge is -2.74. The van der Waals surface area contributed by atoms with E-state index in [2.05, 4.69) is 27.4 Å². The second-order valence-corrected chi connectivity index (χ2v) is 12.6. The van der Waals surface area contributed by atoms with E-state index in [0.29, 0.717) is 37.7 Å². The Hall–Kier alpha value is -1.28. The zero-order valence-electron chi connectivity index (χ0n) is 21.4. The van der Waals surface area contributed by atoms with Gasteiger partial charge in [-0.3, -0.25) is 9.59 Å². The molecule has 7 heteroatoms. The zero-order chi connectivity index (χ0) is 25.4. The highest BCUT2D eigenvalue weighted by Gasteiger charge is 2.87. The molecule has 6 aliphatic rings. The van der Waals surface area contributed by atoms with E-state index in [1.807, 2.05) is 0 Å². The van der Waals surface area contributed by atoms with Gasteiger partial charge in [0.15, 0.2) is 5.78 Å². The van der Waals surface area contributed by atoms with E-state index in [9.17, 15) is 24.9 Å². The van der Waals surface area contributed by atoms with Crippen LogP contribution in [0.25, 0.3) is 0 Å². The van der Waals surface area contributed by atoms with Gasteiger partial charge in [0.1, 0.15) is 17.6 Å². The topological polar surface area (TPSA) is 113 Å². The first-order valence-corrected chi connectivity index (χ1v) is 13.7. The van der Waals surface area contributed by atoms with Gasteiger partial charge in [-0.2, -0.15) is 0 Å². The lowest BCUT2D eigenvalue weighted by molar-refractivity contribution is -0.458. The molecule has 7 nitrogen and oxygen atoms in total. The molecule has 9 atom stereocenters. The molecule has 196 valence electrons. The van der Waals surface area contributed by atoms with Crippen molar-refractivity contribution >= 4 is 11.8 Å². The molecule has 0 radical (unpaired) electrons. The van der Waals surface area contributed by atoms with Crippen LogP contribution in [-0.2, 0) is 19.1 Å². The average Bonchev–Trinajstić information content (AvgIpc) is 2.92. The third-order valence-electron chi connectivity index (χ3n) is 10.6. The molecule has 2 heterocycles. The molecule has 3 N–H and O–H groups in total. The summed E-state index contributed by atoms with van der Waals surface area (Å²) in [6, 6.07) is 0. The molecule has 35 heavy (non-hydrogen) atoms. The number of ketones is 1. The number of carbonyl (C=O) groups excluding carboxylic acids is 2. The van der Waals surface area contributed by atoms with Gasteiger partial charge in [0.05, 0.1) is 12.7 Å². The number of aliphatic hydroxyl groups is 3. The van der Waals surface area contributed by atoms with Crippen LogP contribution in [0.1, 0.15) is 85.0 Å². The number of carbonyl (C=O) groups is 2. The smallest absolute Gasteiger partial charge is 0.306 e. The minimum Gasteiger partial charge on any atom is -0.460 e. The van der Waals surface area contributed by atoms with Crippen LogP contribution in [0.2, 0.25) is 0 Å². The predicted molar refractivity (Wildman–Crippen MR) is 128 cm³/mol. The molecular formula is C28H42O7. The molecule has 4 bridgehead atoms. The Balaban J connectivity index is 1.54. The van der Waals surface area contributed by atoms with Crippen molar-refractivity contribution in [3.05, 3.63) is 12.2 Å². The first-order chi connectivity index (χ1) is 16.5. The van der Waals surface area contributed by atoms with Gasteiger partial charge in [-0.05, 0) is 49.0 Å².